The zero-order chi connectivity index (χ0) is 21.3. The number of para-hydroxylation sites is 1. The van der Waals surface area contributed by atoms with E-state index in [1.165, 1.54) is 4.68 Å². The van der Waals surface area contributed by atoms with Gasteiger partial charge < -0.3 is 5.73 Å². The molecule has 0 saturated carbocycles. The van der Waals surface area contributed by atoms with Crippen molar-refractivity contribution in [3.8, 4) is 11.4 Å². The molecule has 2 aromatic heterocycles. The number of nitrogens with two attached hydrogens (primary N) is 1. The average molecular weight is 421 g/mol. The summed E-state index contributed by atoms with van der Waals surface area (Å²) in [4.78, 5) is 25.4. The van der Waals surface area contributed by atoms with Crippen LogP contribution >= 0.6 is 11.8 Å². The smallest absolute Gasteiger partial charge is 0.297 e. The van der Waals surface area contributed by atoms with Crippen molar-refractivity contribution in [2.45, 2.75) is 17.3 Å². The monoisotopic (exact) mass is 421 g/mol. The lowest BCUT2D eigenvalue weighted by atomic mass is 10.1. The molecule has 0 saturated heterocycles. The van der Waals surface area contributed by atoms with Crippen LogP contribution in [-0.4, -0.2) is 35.5 Å². The summed E-state index contributed by atoms with van der Waals surface area (Å²) < 4.78 is 4.65. The molecule has 9 nitrogen and oxygen atoms in total. The lowest BCUT2D eigenvalue weighted by Gasteiger charge is -2.12. The number of benzene rings is 2. The minimum atomic E-state index is -0.698. The highest BCUT2D eigenvalue weighted by atomic mass is 32.2. The van der Waals surface area contributed by atoms with Gasteiger partial charge in [0.1, 0.15) is 5.25 Å². The van der Waals surface area contributed by atoms with Crippen molar-refractivity contribution < 1.29 is 4.79 Å². The predicted molar refractivity (Wildman–Crippen MR) is 113 cm³/mol. The Morgan fingerprint density at radius 2 is 1.70 bits per heavy atom. The first-order chi connectivity index (χ1) is 14.5. The molecule has 0 aliphatic heterocycles. The Morgan fingerprint density at radius 3 is 2.33 bits per heavy atom. The van der Waals surface area contributed by atoms with Crippen LogP contribution < -0.4 is 11.3 Å². The number of rotatable bonds is 6. The van der Waals surface area contributed by atoms with Crippen LogP contribution in [0, 0.1) is 6.92 Å². The lowest BCUT2D eigenvalue weighted by Crippen LogP contribution is -2.22. The molecule has 1 amide bonds. The second-order valence-electron chi connectivity index (χ2n) is 6.59. The maximum Gasteiger partial charge on any atom is 0.297 e. The van der Waals surface area contributed by atoms with Crippen molar-refractivity contribution in [2.75, 3.05) is 0 Å². The van der Waals surface area contributed by atoms with E-state index in [0.717, 1.165) is 23.0 Å². The maximum absolute atomic E-state index is 13.3. The molecule has 4 rings (SSSR count). The Kier molecular flexibility index (Phi) is 5.23. The number of aromatic nitrogens is 6. The predicted octanol–water partition coefficient (Wildman–Crippen LogP) is 1.78. The number of amides is 1. The van der Waals surface area contributed by atoms with Gasteiger partial charge in [-0.15, -0.1) is 5.10 Å². The van der Waals surface area contributed by atoms with Crippen LogP contribution in [0.15, 0.2) is 70.6 Å². The Labute approximate surface area is 176 Å². The highest BCUT2D eigenvalue weighted by molar-refractivity contribution is 8.00. The van der Waals surface area contributed by atoms with Gasteiger partial charge in [0.2, 0.25) is 11.1 Å². The van der Waals surface area contributed by atoms with Crippen molar-refractivity contribution in [3.63, 3.8) is 0 Å². The Morgan fingerprint density at radius 1 is 1.07 bits per heavy atom. The van der Waals surface area contributed by atoms with Crippen LogP contribution in [0.25, 0.3) is 11.4 Å². The first-order valence-electron chi connectivity index (χ1n) is 9.12. The molecule has 0 aliphatic rings. The molecular formula is C20H19N7O2S. The highest BCUT2D eigenvalue weighted by Crippen LogP contribution is 2.34. The number of hydrogen-bond donors (Lipinski definition) is 1. The van der Waals surface area contributed by atoms with Crippen molar-refractivity contribution in [2.24, 2.45) is 12.8 Å². The normalized spacial score (nSPS) is 12.1. The molecule has 2 aromatic carbocycles. The third-order valence-electron chi connectivity index (χ3n) is 4.76. The molecule has 1 unspecified atom stereocenters. The number of primary amides is 1. The van der Waals surface area contributed by atoms with E-state index < -0.39 is 11.2 Å². The van der Waals surface area contributed by atoms with E-state index in [0.29, 0.717) is 16.5 Å². The zero-order valence-electron chi connectivity index (χ0n) is 16.3. The summed E-state index contributed by atoms with van der Waals surface area (Å²) in [6.07, 6.45) is 0. The van der Waals surface area contributed by atoms with Crippen LogP contribution in [0.2, 0.25) is 0 Å². The molecular weight excluding hydrogens is 402 g/mol. The van der Waals surface area contributed by atoms with Gasteiger partial charge in [0.05, 0.1) is 11.4 Å². The van der Waals surface area contributed by atoms with E-state index in [4.69, 9.17) is 5.73 Å². The van der Waals surface area contributed by atoms with Crippen LogP contribution in [-0.2, 0) is 11.8 Å². The van der Waals surface area contributed by atoms with Crippen molar-refractivity contribution in [1.82, 2.24) is 29.6 Å². The standard InChI is InChI=1S/C20H19N7O2S/c1-13-16(19(29)27(25(13)2)15-11-7-4-8-12-15)26-20(22-23-24-26)30-17(18(21)28)14-9-5-3-6-10-14/h3-12,17H,1-2H3,(H2,21,28). The van der Waals surface area contributed by atoms with Crippen molar-refractivity contribution in [1.29, 1.82) is 0 Å². The first-order valence-corrected chi connectivity index (χ1v) is 10.0. The minimum absolute atomic E-state index is 0.273. The number of carbonyl (C=O) groups excluding carboxylic acids is 1. The van der Waals surface area contributed by atoms with Crippen LogP contribution in [0.5, 0.6) is 0 Å². The molecule has 0 aliphatic carbocycles. The van der Waals surface area contributed by atoms with E-state index >= 15 is 0 Å². The van der Waals surface area contributed by atoms with Crippen molar-refractivity contribution >= 4 is 17.7 Å². The SMILES string of the molecule is Cc1c(-n2nnnc2SC(C(N)=O)c2ccccc2)c(=O)n(-c2ccccc2)n1C. The van der Waals surface area contributed by atoms with Crippen LogP contribution in [0.1, 0.15) is 16.5 Å². The zero-order valence-corrected chi connectivity index (χ0v) is 17.2. The summed E-state index contributed by atoms with van der Waals surface area (Å²) in [5.74, 6) is -0.521. The van der Waals surface area contributed by atoms with Gasteiger partial charge in [-0.3, -0.25) is 14.3 Å². The van der Waals surface area contributed by atoms with Gasteiger partial charge in [0.25, 0.3) is 5.56 Å². The summed E-state index contributed by atoms with van der Waals surface area (Å²) in [5, 5.41) is 11.4. The van der Waals surface area contributed by atoms with Crippen LogP contribution in [0.4, 0.5) is 0 Å². The number of tetrazole rings is 1. The summed E-state index contributed by atoms with van der Waals surface area (Å²) in [6, 6.07) is 18.4. The quantitative estimate of drug-likeness (QED) is 0.475. The molecule has 0 spiro atoms. The van der Waals surface area contributed by atoms with Crippen molar-refractivity contribution in [3.05, 3.63) is 82.3 Å². The molecule has 0 bridgehead atoms. The van der Waals surface area contributed by atoms with Gasteiger partial charge in [-0.1, -0.05) is 60.3 Å². The van der Waals surface area contributed by atoms with E-state index in [9.17, 15) is 9.59 Å². The van der Waals surface area contributed by atoms with Gasteiger partial charge in [-0.2, -0.15) is 4.68 Å². The van der Waals surface area contributed by atoms with Gasteiger partial charge in [0.15, 0.2) is 5.69 Å². The Hall–Kier alpha value is -3.66. The molecule has 4 aromatic rings. The molecule has 0 fully saturated rings. The van der Waals surface area contributed by atoms with Gasteiger partial charge in [0, 0.05) is 7.05 Å². The molecule has 2 N–H and O–H groups in total. The van der Waals surface area contributed by atoms with Crippen LogP contribution in [0.3, 0.4) is 0 Å². The minimum Gasteiger partial charge on any atom is -0.368 e. The third-order valence-corrected chi connectivity index (χ3v) is 5.97. The summed E-state index contributed by atoms with van der Waals surface area (Å²) in [5.41, 5.74) is 7.80. The molecule has 0 radical (unpaired) electrons. The van der Waals surface area contributed by atoms with E-state index in [2.05, 4.69) is 15.5 Å². The lowest BCUT2D eigenvalue weighted by molar-refractivity contribution is -0.117. The molecule has 30 heavy (non-hydrogen) atoms. The summed E-state index contributed by atoms with van der Waals surface area (Å²) in [6.45, 7) is 1.81. The fourth-order valence-electron chi connectivity index (χ4n) is 3.21. The van der Waals surface area contributed by atoms with Gasteiger partial charge >= 0.3 is 0 Å². The van der Waals surface area contributed by atoms with Gasteiger partial charge in [-0.05, 0) is 35.0 Å². The Balaban J connectivity index is 1.79. The average Bonchev–Trinajstić information content (AvgIpc) is 3.29. The second-order valence-corrected chi connectivity index (χ2v) is 7.67. The fourth-order valence-corrected chi connectivity index (χ4v) is 4.15. The highest BCUT2D eigenvalue weighted by Gasteiger charge is 2.26. The summed E-state index contributed by atoms with van der Waals surface area (Å²) >= 11 is 1.10. The fraction of sp³-hybridized carbons (Fsp3) is 0.150. The Bertz CT molecular complexity index is 1250. The topological polar surface area (TPSA) is 114 Å². The first kappa shape index (κ1) is 19.6. The number of nitrogens with zero attached hydrogens (tertiary/aromatic N) is 6. The molecule has 2 heterocycles. The number of thioether (sulfide) groups is 1. The maximum atomic E-state index is 13.3. The molecule has 10 heteroatoms. The summed E-state index contributed by atoms with van der Waals surface area (Å²) in [7, 11) is 1.79. The molecule has 152 valence electrons. The molecule has 1 atom stereocenters. The second kappa shape index (κ2) is 7.99. The van der Waals surface area contributed by atoms with E-state index in [1.54, 1.807) is 16.4 Å². The number of carbonyl (C=O) groups is 1. The number of hydrogen-bond acceptors (Lipinski definition) is 6. The largest absolute Gasteiger partial charge is 0.368 e. The third kappa shape index (κ3) is 3.41. The van der Waals surface area contributed by atoms with E-state index in [1.807, 2.05) is 67.6 Å². The van der Waals surface area contributed by atoms with Gasteiger partial charge in [-0.25, -0.2) is 4.68 Å². The van der Waals surface area contributed by atoms with E-state index in [-0.39, 0.29) is 5.56 Å².